The number of hydrogen-bond acceptors (Lipinski definition) is 0. The van der Waals surface area contributed by atoms with E-state index in [4.69, 9.17) is 0 Å². The first kappa shape index (κ1) is 17.9. The van der Waals surface area contributed by atoms with Gasteiger partial charge in [0, 0.05) is 0 Å². The maximum atomic E-state index is 2.23. The number of rotatable bonds is 8. The highest BCUT2D eigenvalue weighted by molar-refractivity contribution is 4.76. The van der Waals surface area contributed by atoms with Crippen molar-refractivity contribution in [1.82, 2.24) is 0 Å². The minimum absolute atomic E-state index is 1.27. The Morgan fingerprint density at radius 2 is 1.00 bits per heavy atom. The van der Waals surface area contributed by atoms with Crippen LogP contribution < -0.4 is 0 Å². The van der Waals surface area contributed by atoms with Gasteiger partial charge in [-0.15, -0.1) is 0 Å². The molecular formula is C16H32. The van der Waals surface area contributed by atoms with E-state index in [1.807, 2.05) is 0 Å². The van der Waals surface area contributed by atoms with Crippen molar-refractivity contribution >= 4 is 0 Å². The van der Waals surface area contributed by atoms with Gasteiger partial charge in [0.15, 0.2) is 0 Å². The molecule has 0 fully saturated rings. The molecule has 0 aliphatic rings. The average molecular weight is 224 g/mol. The summed E-state index contributed by atoms with van der Waals surface area (Å²) in [5.74, 6) is 0. The Morgan fingerprint density at radius 3 is 1.25 bits per heavy atom. The van der Waals surface area contributed by atoms with Gasteiger partial charge in [0.25, 0.3) is 0 Å². The van der Waals surface area contributed by atoms with Gasteiger partial charge in [-0.1, -0.05) is 63.8 Å². The third kappa shape index (κ3) is 23.4. The second-order valence-electron chi connectivity index (χ2n) is 4.13. The zero-order valence-corrected chi connectivity index (χ0v) is 12.0. The molecule has 0 N–H and O–H groups in total. The highest BCUT2D eigenvalue weighted by Crippen LogP contribution is 1.99. The van der Waals surface area contributed by atoms with Gasteiger partial charge in [0.2, 0.25) is 0 Å². The Bertz CT molecular complexity index is 124. The Kier molecular flexibility index (Phi) is 22.3. The lowest BCUT2D eigenvalue weighted by Crippen LogP contribution is -1.68. The summed E-state index contributed by atoms with van der Waals surface area (Å²) < 4.78 is 0. The molecule has 0 saturated heterocycles. The van der Waals surface area contributed by atoms with E-state index in [1.54, 1.807) is 0 Å². The van der Waals surface area contributed by atoms with E-state index in [2.05, 4.69) is 52.0 Å². The van der Waals surface area contributed by atoms with E-state index in [0.717, 1.165) is 0 Å². The standard InChI is InChI=1S/2C8H16/c2*1-3-5-7-8-6-4-2/h2*3,5H,4,6-8H2,1-2H3. The zero-order valence-electron chi connectivity index (χ0n) is 12.0. The van der Waals surface area contributed by atoms with Crippen LogP contribution in [0.5, 0.6) is 0 Å². The smallest absolute Gasteiger partial charge is 0.0351 e. The lowest BCUT2D eigenvalue weighted by Gasteiger charge is -1.88. The molecule has 0 heterocycles. The Morgan fingerprint density at radius 1 is 0.625 bits per heavy atom. The van der Waals surface area contributed by atoms with E-state index in [0.29, 0.717) is 0 Å². The third-order valence-electron chi connectivity index (χ3n) is 2.42. The largest absolute Gasteiger partial charge is 0.0917 e. The zero-order chi connectivity index (χ0) is 12.5. The van der Waals surface area contributed by atoms with Crippen LogP contribution in [0.15, 0.2) is 24.3 Å². The summed E-state index contributed by atoms with van der Waals surface area (Å²) in [7, 11) is 0. The van der Waals surface area contributed by atoms with Crippen LogP contribution in [-0.2, 0) is 0 Å². The summed E-state index contributed by atoms with van der Waals surface area (Å²) in [5.41, 5.74) is 0. The molecule has 0 atom stereocenters. The van der Waals surface area contributed by atoms with E-state index in [-0.39, 0.29) is 0 Å². The van der Waals surface area contributed by atoms with Gasteiger partial charge in [-0.05, 0) is 39.5 Å². The van der Waals surface area contributed by atoms with Crippen LogP contribution >= 0.6 is 0 Å². The second-order valence-corrected chi connectivity index (χ2v) is 4.13. The summed E-state index contributed by atoms with van der Waals surface area (Å²) in [6.45, 7) is 8.61. The molecule has 0 aromatic rings. The first-order valence-corrected chi connectivity index (χ1v) is 7.05. The minimum Gasteiger partial charge on any atom is -0.0917 e. The molecule has 0 spiro atoms. The molecule has 0 aliphatic heterocycles. The Hall–Kier alpha value is -0.520. The molecule has 0 aliphatic carbocycles. The van der Waals surface area contributed by atoms with Gasteiger partial charge in [0.05, 0.1) is 0 Å². The monoisotopic (exact) mass is 224 g/mol. The molecule has 0 aromatic carbocycles. The number of hydrogen-bond donors (Lipinski definition) is 0. The molecule has 0 rings (SSSR count). The van der Waals surface area contributed by atoms with Crippen LogP contribution in [0.25, 0.3) is 0 Å². The molecule has 96 valence electrons. The van der Waals surface area contributed by atoms with Crippen molar-refractivity contribution < 1.29 is 0 Å². The molecule has 16 heavy (non-hydrogen) atoms. The van der Waals surface area contributed by atoms with Crippen LogP contribution in [0, 0.1) is 0 Å². The molecule has 0 bridgehead atoms. The first-order chi connectivity index (χ1) is 7.83. The van der Waals surface area contributed by atoms with Crippen molar-refractivity contribution in [2.45, 2.75) is 79.1 Å². The molecule has 0 heteroatoms. The quantitative estimate of drug-likeness (QED) is 0.336. The van der Waals surface area contributed by atoms with E-state index in [1.165, 1.54) is 51.4 Å². The Labute approximate surface area is 104 Å². The molecule has 0 aromatic heterocycles. The second kappa shape index (κ2) is 20.0. The third-order valence-corrected chi connectivity index (χ3v) is 2.42. The fourth-order valence-electron chi connectivity index (χ4n) is 1.36. The lowest BCUT2D eigenvalue weighted by atomic mass is 10.2. The van der Waals surface area contributed by atoms with E-state index < -0.39 is 0 Å². The predicted molar refractivity (Wildman–Crippen MR) is 77.9 cm³/mol. The highest BCUT2D eigenvalue weighted by Gasteiger charge is 1.79. The van der Waals surface area contributed by atoms with Crippen LogP contribution in [0.4, 0.5) is 0 Å². The molecule has 0 amide bonds. The fraction of sp³-hybridized carbons (Fsp3) is 0.750. The molecular weight excluding hydrogens is 192 g/mol. The summed E-state index contributed by atoms with van der Waals surface area (Å²) in [6.07, 6.45) is 19.4. The van der Waals surface area contributed by atoms with Crippen molar-refractivity contribution in [2.75, 3.05) is 0 Å². The predicted octanol–water partition coefficient (Wildman–Crippen LogP) is 6.29. The highest BCUT2D eigenvalue weighted by atomic mass is 13.9. The topological polar surface area (TPSA) is 0 Å². The van der Waals surface area contributed by atoms with Crippen molar-refractivity contribution in [3.63, 3.8) is 0 Å². The molecule has 0 unspecified atom stereocenters. The average Bonchev–Trinajstić information content (AvgIpc) is 2.31. The van der Waals surface area contributed by atoms with Gasteiger partial charge in [0.1, 0.15) is 0 Å². The lowest BCUT2D eigenvalue weighted by molar-refractivity contribution is 0.729. The van der Waals surface area contributed by atoms with Crippen molar-refractivity contribution in [1.29, 1.82) is 0 Å². The van der Waals surface area contributed by atoms with Crippen molar-refractivity contribution in [2.24, 2.45) is 0 Å². The normalized spacial score (nSPS) is 10.8. The van der Waals surface area contributed by atoms with Gasteiger partial charge in [-0.2, -0.15) is 0 Å². The van der Waals surface area contributed by atoms with Crippen LogP contribution in [0.1, 0.15) is 79.1 Å². The number of unbranched alkanes of at least 4 members (excludes halogenated alkanes) is 6. The minimum atomic E-state index is 1.27. The maximum Gasteiger partial charge on any atom is -0.0351 e. The van der Waals surface area contributed by atoms with Crippen LogP contribution in [-0.4, -0.2) is 0 Å². The van der Waals surface area contributed by atoms with Gasteiger partial charge in [-0.3, -0.25) is 0 Å². The van der Waals surface area contributed by atoms with E-state index >= 15 is 0 Å². The summed E-state index contributed by atoms with van der Waals surface area (Å²) in [5, 5.41) is 0. The van der Waals surface area contributed by atoms with Gasteiger partial charge in [-0.25, -0.2) is 0 Å². The SMILES string of the molecule is CC=CCCCCC.CC=CCCCCC. The fourth-order valence-corrected chi connectivity index (χ4v) is 1.36. The number of allylic oxidation sites excluding steroid dienone is 4. The molecule has 0 radical (unpaired) electrons. The summed E-state index contributed by atoms with van der Waals surface area (Å²) in [4.78, 5) is 0. The van der Waals surface area contributed by atoms with Crippen LogP contribution in [0.2, 0.25) is 0 Å². The summed E-state index contributed by atoms with van der Waals surface area (Å²) >= 11 is 0. The van der Waals surface area contributed by atoms with E-state index in [9.17, 15) is 0 Å². The van der Waals surface area contributed by atoms with Crippen molar-refractivity contribution in [3.8, 4) is 0 Å². The molecule has 0 nitrogen and oxygen atoms in total. The Balaban J connectivity index is 0. The first-order valence-electron chi connectivity index (χ1n) is 7.05. The van der Waals surface area contributed by atoms with Gasteiger partial charge >= 0.3 is 0 Å². The van der Waals surface area contributed by atoms with Gasteiger partial charge < -0.3 is 0 Å². The maximum absolute atomic E-state index is 2.23. The molecule has 0 saturated carbocycles. The van der Waals surface area contributed by atoms with Crippen molar-refractivity contribution in [3.05, 3.63) is 24.3 Å². The summed E-state index contributed by atoms with van der Waals surface area (Å²) in [6, 6.07) is 0. The van der Waals surface area contributed by atoms with Crippen LogP contribution in [0.3, 0.4) is 0 Å².